The topological polar surface area (TPSA) is 118 Å². The molecule has 5 unspecified atom stereocenters. The van der Waals surface area contributed by atoms with E-state index in [1.165, 1.54) is 13.8 Å². The minimum Gasteiger partial charge on any atom is -0.463 e. The van der Waals surface area contributed by atoms with Crippen molar-refractivity contribution in [3.8, 4) is 0 Å². The summed E-state index contributed by atoms with van der Waals surface area (Å²) >= 11 is 0. The Kier molecular flexibility index (Phi) is 7.40. The van der Waals surface area contributed by atoms with E-state index in [2.05, 4.69) is 0 Å². The summed E-state index contributed by atoms with van der Waals surface area (Å²) in [4.78, 5) is 33.5. The van der Waals surface area contributed by atoms with E-state index in [0.717, 1.165) is 6.92 Å². The minimum atomic E-state index is -1.56. The molecule has 132 valence electrons. The van der Waals surface area contributed by atoms with Crippen molar-refractivity contribution in [1.29, 1.82) is 0 Å². The summed E-state index contributed by atoms with van der Waals surface area (Å²) < 4.78 is 25.8. The van der Waals surface area contributed by atoms with Crippen LogP contribution in [-0.2, 0) is 38.1 Å². The van der Waals surface area contributed by atoms with Crippen LogP contribution in [0.4, 0.5) is 0 Å². The molecule has 0 radical (unpaired) electrons. The Bertz CT molecular complexity index is 436. The standard InChI is InChI=1S/C14H22O9/c1-5-19-11-10(6-20-7(2)15)23-14(18)13(22-9(4)17)12(11)21-8(3)16/h10-14,18H,5-6H2,1-4H3. The van der Waals surface area contributed by atoms with Crippen LogP contribution >= 0.6 is 0 Å². The van der Waals surface area contributed by atoms with E-state index >= 15 is 0 Å². The molecule has 1 fully saturated rings. The molecule has 9 nitrogen and oxygen atoms in total. The Labute approximate surface area is 133 Å². The molecule has 0 aromatic carbocycles. The van der Waals surface area contributed by atoms with E-state index < -0.39 is 48.6 Å². The Hall–Kier alpha value is -1.71. The third-order valence-electron chi connectivity index (χ3n) is 3.02. The van der Waals surface area contributed by atoms with Crippen molar-refractivity contribution in [2.45, 2.75) is 58.4 Å². The van der Waals surface area contributed by atoms with Crippen LogP contribution < -0.4 is 0 Å². The van der Waals surface area contributed by atoms with Gasteiger partial charge in [0.25, 0.3) is 0 Å². The molecule has 1 saturated heterocycles. The Morgan fingerprint density at radius 3 is 2.00 bits per heavy atom. The minimum absolute atomic E-state index is 0.207. The third kappa shape index (κ3) is 5.77. The average molecular weight is 334 g/mol. The van der Waals surface area contributed by atoms with Crippen molar-refractivity contribution < 1.29 is 43.2 Å². The predicted molar refractivity (Wildman–Crippen MR) is 74.0 cm³/mol. The molecule has 0 bridgehead atoms. The number of hydrogen-bond acceptors (Lipinski definition) is 9. The van der Waals surface area contributed by atoms with Gasteiger partial charge in [-0.2, -0.15) is 0 Å². The lowest BCUT2D eigenvalue weighted by atomic mass is 9.98. The van der Waals surface area contributed by atoms with E-state index in [4.69, 9.17) is 23.7 Å². The van der Waals surface area contributed by atoms with Crippen LogP contribution in [0, 0.1) is 0 Å². The number of ether oxygens (including phenoxy) is 5. The number of rotatable bonds is 6. The van der Waals surface area contributed by atoms with E-state index in [-0.39, 0.29) is 13.2 Å². The van der Waals surface area contributed by atoms with Gasteiger partial charge in [0.1, 0.15) is 18.8 Å². The lowest BCUT2D eigenvalue weighted by molar-refractivity contribution is -0.299. The molecule has 0 saturated carbocycles. The first kappa shape index (κ1) is 19.3. The first-order chi connectivity index (χ1) is 10.8. The normalized spacial score (nSPS) is 30.4. The molecule has 23 heavy (non-hydrogen) atoms. The second kappa shape index (κ2) is 8.80. The highest BCUT2D eigenvalue weighted by atomic mass is 16.7. The smallest absolute Gasteiger partial charge is 0.303 e. The fourth-order valence-corrected chi connectivity index (χ4v) is 2.27. The number of carbonyl (C=O) groups excluding carboxylic acids is 3. The Balaban J connectivity index is 3.02. The number of aliphatic hydroxyl groups excluding tert-OH is 1. The van der Waals surface area contributed by atoms with Gasteiger partial charge >= 0.3 is 17.9 Å². The fraction of sp³-hybridized carbons (Fsp3) is 0.786. The lowest BCUT2D eigenvalue weighted by Gasteiger charge is -2.43. The molecule has 9 heteroatoms. The van der Waals surface area contributed by atoms with Gasteiger partial charge in [-0.25, -0.2) is 0 Å². The highest BCUT2D eigenvalue weighted by Gasteiger charge is 2.50. The summed E-state index contributed by atoms with van der Waals surface area (Å²) in [7, 11) is 0. The monoisotopic (exact) mass is 334 g/mol. The lowest BCUT2D eigenvalue weighted by Crippen LogP contribution is -2.62. The molecule has 0 aromatic rings. The summed E-state index contributed by atoms with van der Waals surface area (Å²) in [5.41, 5.74) is 0. The average Bonchev–Trinajstić information content (AvgIpc) is 2.43. The van der Waals surface area contributed by atoms with Gasteiger partial charge in [-0.05, 0) is 6.92 Å². The van der Waals surface area contributed by atoms with Crippen molar-refractivity contribution in [3.05, 3.63) is 0 Å². The van der Waals surface area contributed by atoms with Gasteiger partial charge < -0.3 is 28.8 Å². The first-order valence-corrected chi connectivity index (χ1v) is 7.19. The van der Waals surface area contributed by atoms with Crippen LogP contribution in [-0.4, -0.2) is 66.9 Å². The van der Waals surface area contributed by atoms with Gasteiger partial charge in [0.15, 0.2) is 18.5 Å². The number of carbonyl (C=O) groups is 3. The molecule has 1 aliphatic rings. The number of hydrogen-bond donors (Lipinski definition) is 1. The van der Waals surface area contributed by atoms with Crippen LogP contribution in [0.25, 0.3) is 0 Å². The molecule has 0 spiro atoms. The molecule has 1 aliphatic heterocycles. The van der Waals surface area contributed by atoms with Crippen molar-refractivity contribution in [3.63, 3.8) is 0 Å². The Morgan fingerprint density at radius 1 is 0.957 bits per heavy atom. The van der Waals surface area contributed by atoms with E-state index in [9.17, 15) is 19.5 Å². The zero-order chi connectivity index (χ0) is 17.6. The Morgan fingerprint density at radius 2 is 1.52 bits per heavy atom. The molecule has 1 N–H and O–H groups in total. The van der Waals surface area contributed by atoms with Crippen LogP contribution in [0.5, 0.6) is 0 Å². The van der Waals surface area contributed by atoms with Gasteiger partial charge in [-0.1, -0.05) is 0 Å². The molecule has 0 aliphatic carbocycles. The van der Waals surface area contributed by atoms with Gasteiger partial charge in [0.05, 0.1) is 0 Å². The van der Waals surface area contributed by atoms with E-state index in [0.29, 0.717) is 0 Å². The first-order valence-electron chi connectivity index (χ1n) is 7.19. The van der Waals surface area contributed by atoms with Crippen molar-refractivity contribution in [2.75, 3.05) is 13.2 Å². The fourth-order valence-electron chi connectivity index (χ4n) is 2.27. The summed E-state index contributed by atoms with van der Waals surface area (Å²) in [6, 6.07) is 0. The zero-order valence-corrected chi connectivity index (χ0v) is 13.5. The summed E-state index contributed by atoms with van der Waals surface area (Å²) in [6.45, 7) is 5.29. The highest BCUT2D eigenvalue weighted by molar-refractivity contribution is 5.67. The quantitative estimate of drug-likeness (QED) is 0.508. The second-order valence-corrected chi connectivity index (χ2v) is 4.94. The molecular formula is C14H22O9. The van der Waals surface area contributed by atoms with Gasteiger partial charge in [-0.15, -0.1) is 0 Å². The maximum Gasteiger partial charge on any atom is 0.303 e. The van der Waals surface area contributed by atoms with Crippen LogP contribution in [0.3, 0.4) is 0 Å². The molecule has 1 heterocycles. The third-order valence-corrected chi connectivity index (χ3v) is 3.02. The van der Waals surface area contributed by atoms with E-state index in [1.54, 1.807) is 6.92 Å². The van der Waals surface area contributed by atoms with E-state index in [1.807, 2.05) is 0 Å². The van der Waals surface area contributed by atoms with Gasteiger partial charge in [-0.3, -0.25) is 14.4 Å². The van der Waals surface area contributed by atoms with Crippen LogP contribution in [0.1, 0.15) is 27.7 Å². The summed E-state index contributed by atoms with van der Waals surface area (Å²) in [5.74, 6) is -1.86. The predicted octanol–water partition coefficient (Wildman–Crippen LogP) is -0.465. The van der Waals surface area contributed by atoms with Gasteiger partial charge in [0.2, 0.25) is 0 Å². The number of esters is 3. The highest BCUT2D eigenvalue weighted by Crippen LogP contribution is 2.27. The molecule has 0 amide bonds. The summed E-state index contributed by atoms with van der Waals surface area (Å²) in [5, 5.41) is 10.0. The van der Waals surface area contributed by atoms with Crippen molar-refractivity contribution in [2.24, 2.45) is 0 Å². The molecule has 5 atom stereocenters. The second-order valence-electron chi connectivity index (χ2n) is 4.94. The van der Waals surface area contributed by atoms with Gasteiger partial charge in [0, 0.05) is 27.4 Å². The molecular weight excluding hydrogens is 312 g/mol. The molecule has 1 rings (SSSR count). The summed E-state index contributed by atoms with van der Waals surface area (Å²) in [6.07, 6.45) is -5.66. The molecule has 0 aromatic heterocycles. The SMILES string of the molecule is CCOC1C(COC(C)=O)OC(O)C(OC(C)=O)C1OC(C)=O. The zero-order valence-electron chi connectivity index (χ0n) is 13.5. The maximum atomic E-state index is 11.3. The largest absolute Gasteiger partial charge is 0.463 e. The van der Waals surface area contributed by atoms with Crippen LogP contribution in [0.15, 0.2) is 0 Å². The van der Waals surface area contributed by atoms with Crippen molar-refractivity contribution in [1.82, 2.24) is 0 Å². The van der Waals surface area contributed by atoms with Crippen molar-refractivity contribution >= 4 is 17.9 Å². The maximum absolute atomic E-state index is 11.3. The number of aliphatic hydroxyl groups is 1. The van der Waals surface area contributed by atoms with Crippen LogP contribution in [0.2, 0.25) is 0 Å².